The highest BCUT2D eigenvalue weighted by atomic mass is 79.9. The molecule has 0 saturated heterocycles. The van der Waals surface area contributed by atoms with Crippen molar-refractivity contribution in [2.24, 2.45) is 0 Å². The van der Waals surface area contributed by atoms with Crippen LogP contribution in [0.5, 0.6) is 17.2 Å². The Morgan fingerprint density at radius 1 is 1.23 bits per heavy atom. The van der Waals surface area contributed by atoms with E-state index in [-0.39, 0.29) is 5.75 Å². The Morgan fingerprint density at radius 2 is 2.00 bits per heavy atom. The summed E-state index contributed by atoms with van der Waals surface area (Å²) in [4.78, 5) is 0. The average molecular weight is 245 g/mol. The van der Waals surface area contributed by atoms with Crippen molar-refractivity contribution in [3.05, 3.63) is 16.6 Å². The molecule has 0 radical (unpaired) electrons. The second-order valence-corrected chi connectivity index (χ2v) is 3.66. The first-order valence-electron chi connectivity index (χ1n) is 4.05. The van der Waals surface area contributed by atoms with E-state index < -0.39 is 0 Å². The number of aromatic hydroxyl groups is 1. The van der Waals surface area contributed by atoms with Crippen LogP contribution in [0.4, 0.5) is 0 Å². The van der Waals surface area contributed by atoms with E-state index in [0.29, 0.717) is 24.7 Å². The number of fused-ring (bicyclic) bond motifs is 1. The van der Waals surface area contributed by atoms with Crippen LogP contribution in [0, 0.1) is 0 Å². The molecule has 3 nitrogen and oxygen atoms in total. The van der Waals surface area contributed by atoms with Gasteiger partial charge in [-0.3, -0.25) is 0 Å². The minimum Gasteiger partial charge on any atom is -0.508 e. The smallest absolute Gasteiger partial charge is 0.175 e. The van der Waals surface area contributed by atoms with Gasteiger partial charge in [0.2, 0.25) is 0 Å². The highest BCUT2D eigenvalue weighted by Crippen LogP contribution is 2.39. The molecule has 4 heteroatoms. The summed E-state index contributed by atoms with van der Waals surface area (Å²) in [6, 6.07) is 3.15. The van der Waals surface area contributed by atoms with E-state index in [9.17, 15) is 5.11 Å². The third kappa shape index (κ3) is 1.72. The average Bonchev–Trinajstić information content (AvgIpc) is 2.28. The molecule has 1 aromatic rings. The SMILES string of the molecule is Oc1cc(Br)c2c(c1)OCCCO2. The number of phenolic OH excluding ortho intramolecular Hbond substituents is 1. The summed E-state index contributed by atoms with van der Waals surface area (Å²) in [6.45, 7) is 1.28. The van der Waals surface area contributed by atoms with Gasteiger partial charge in [-0.2, -0.15) is 0 Å². The monoisotopic (exact) mass is 244 g/mol. The van der Waals surface area contributed by atoms with Crippen molar-refractivity contribution in [1.29, 1.82) is 0 Å². The van der Waals surface area contributed by atoms with Crippen molar-refractivity contribution >= 4 is 15.9 Å². The van der Waals surface area contributed by atoms with Gasteiger partial charge in [0.25, 0.3) is 0 Å². The van der Waals surface area contributed by atoms with Crippen LogP contribution in [0.25, 0.3) is 0 Å². The molecule has 70 valence electrons. The Hall–Kier alpha value is -0.900. The fourth-order valence-corrected chi connectivity index (χ4v) is 1.76. The molecule has 0 saturated carbocycles. The summed E-state index contributed by atoms with van der Waals surface area (Å²) in [5.74, 6) is 1.45. The number of ether oxygens (including phenoxy) is 2. The number of phenols is 1. The zero-order valence-corrected chi connectivity index (χ0v) is 8.50. The Balaban J connectivity index is 2.47. The molecule has 13 heavy (non-hydrogen) atoms. The number of hydrogen-bond acceptors (Lipinski definition) is 3. The molecule has 0 aromatic heterocycles. The van der Waals surface area contributed by atoms with Crippen molar-refractivity contribution in [2.45, 2.75) is 6.42 Å². The van der Waals surface area contributed by atoms with E-state index in [1.807, 2.05) is 0 Å². The van der Waals surface area contributed by atoms with Crippen LogP contribution in [0.2, 0.25) is 0 Å². The van der Waals surface area contributed by atoms with Crippen molar-refractivity contribution in [3.8, 4) is 17.2 Å². The van der Waals surface area contributed by atoms with Gasteiger partial charge in [-0.1, -0.05) is 0 Å². The normalized spacial score (nSPS) is 15.2. The Kier molecular flexibility index (Phi) is 2.31. The van der Waals surface area contributed by atoms with Gasteiger partial charge in [-0.05, 0) is 22.0 Å². The van der Waals surface area contributed by atoms with E-state index in [2.05, 4.69) is 15.9 Å². The highest BCUT2D eigenvalue weighted by molar-refractivity contribution is 9.10. The van der Waals surface area contributed by atoms with Crippen molar-refractivity contribution in [3.63, 3.8) is 0 Å². The molecule has 0 unspecified atom stereocenters. The summed E-state index contributed by atoms with van der Waals surface area (Å²) in [5, 5.41) is 9.30. The summed E-state index contributed by atoms with van der Waals surface area (Å²) in [7, 11) is 0. The van der Waals surface area contributed by atoms with Gasteiger partial charge in [0, 0.05) is 12.5 Å². The molecule has 0 atom stereocenters. The fourth-order valence-electron chi connectivity index (χ4n) is 1.22. The van der Waals surface area contributed by atoms with Crippen LogP contribution in [-0.2, 0) is 0 Å². The molecule has 1 aromatic carbocycles. The predicted molar refractivity (Wildman–Crippen MR) is 51.4 cm³/mol. The van der Waals surface area contributed by atoms with Gasteiger partial charge in [0.15, 0.2) is 11.5 Å². The van der Waals surface area contributed by atoms with E-state index >= 15 is 0 Å². The zero-order chi connectivity index (χ0) is 9.26. The third-order valence-electron chi connectivity index (χ3n) is 1.79. The van der Waals surface area contributed by atoms with Crippen LogP contribution in [0.1, 0.15) is 6.42 Å². The molecule has 2 rings (SSSR count). The second-order valence-electron chi connectivity index (χ2n) is 2.81. The zero-order valence-electron chi connectivity index (χ0n) is 6.92. The lowest BCUT2D eigenvalue weighted by Gasteiger charge is -2.08. The maximum absolute atomic E-state index is 9.30. The molecule has 0 amide bonds. The quantitative estimate of drug-likeness (QED) is 0.762. The Labute approximate surface area is 84.4 Å². The van der Waals surface area contributed by atoms with E-state index in [1.165, 1.54) is 0 Å². The van der Waals surface area contributed by atoms with Gasteiger partial charge in [-0.15, -0.1) is 0 Å². The van der Waals surface area contributed by atoms with Crippen molar-refractivity contribution in [1.82, 2.24) is 0 Å². The fraction of sp³-hybridized carbons (Fsp3) is 0.333. The van der Waals surface area contributed by atoms with Gasteiger partial charge in [0.1, 0.15) is 5.75 Å². The molecule has 0 fully saturated rings. The lowest BCUT2D eigenvalue weighted by Crippen LogP contribution is -1.97. The number of halogens is 1. The van der Waals surface area contributed by atoms with Crippen LogP contribution in [0.15, 0.2) is 16.6 Å². The molecule has 1 aliphatic heterocycles. The van der Waals surface area contributed by atoms with Crippen molar-refractivity contribution < 1.29 is 14.6 Å². The lowest BCUT2D eigenvalue weighted by molar-refractivity contribution is 0.296. The Bertz CT molecular complexity index is 325. The first-order valence-corrected chi connectivity index (χ1v) is 4.85. The minimum absolute atomic E-state index is 0.177. The number of benzene rings is 1. The van der Waals surface area contributed by atoms with Crippen LogP contribution >= 0.6 is 15.9 Å². The summed E-state index contributed by atoms with van der Waals surface area (Å²) < 4.78 is 11.6. The van der Waals surface area contributed by atoms with Gasteiger partial charge >= 0.3 is 0 Å². The summed E-state index contributed by atoms with van der Waals surface area (Å²) in [5.41, 5.74) is 0. The molecule has 1 N–H and O–H groups in total. The van der Waals surface area contributed by atoms with Gasteiger partial charge < -0.3 is 14.6 Å². The molecule has 0 spiro atoms. The summed E-state index contributed by atoms with van der Waals surface area (Å²) in [6.07, 6.45) is 0.863. The van der Waals surface area contributed by atoms with Crippen molar-refractivity contribution in [2.75, 3.05) is 13.2 Å². The molecular weight excluding hydrogens is 236 g/mol. The number of rotatable bonds is 0. The number of hydrogen-bond donors (Lipinski definition) is 1. The largest absolute Gasteiger partial charge is 0.508 e. The Morgan fingerprint density at radius 3 is 2.85 bits per heavy atom. The standard InChI is InChI=1S/C9H9BrO3/c10-7-4-6(11)5-8-9(7)13-3-1-2-12-8/h4-5,11H,1-3H2. The van der Waals surface area contributed by atoms with Crippen LogP contribution < -0.4 is 9.47 Å². The maximum Gasteiger partial charge on any atom is 0.175 e. The molecule has 1 aliphatic rings. The minimum atomic E-state index is 0.177. The van der Waals surface area contributed by atoms with Gasteiger partial charge in [0.05, 0.1) is 17.7 Å². The molecule has 0 bridgehead atoms. The van der Waals surface area contributed by atoms with Gasteiger partial charge in [-0.25, -0.2) is 0 Å². The highest BCUT2D eigenvalue weighted by Gasteiger charge is 2.14. The third-order valence-corrected chi connectivity index (χ3v) is 2.38. The predicted octanol–water partition coefficient (Wildman–Crippen LogP) is 2.32. The first kappa shape index (κ1) is 8.69. The lowest BCUT2D eigenvalue weighted by atomic mass is 10.3. The molecular formula is C9H9BrO3. The maximum atomic E-state index is 9.30. The van der Waals surface area contributed by atoms with Crippen LogP contribution in [0.3, 0.4) is 0 Å². The second kappa shape index (κ2) is 3.46. The molecule has 0 aliphatic carbocycles. The van der Waals surface area contributed by atoms with E-state index in [0.717, 1.165) is 10.9 Å². The van der Waals surface area contributed by atoms with E-state index in [4.69, 9.17) is 9.47 Å². The van der Waals surface area contributed by atoms with E-state index in [1.54, 1.807) is 12.1 Å². The molecule has 1 heterocycles. The van der Waals surface area contributed by atoms with Crippen LogP contribution in [-0.4, -0.2) is 18.3 Å². The summed E-state index contributed by atoms with van der Waals surface area (Å²) >= 11 is 3.30. The topological polar surface area (TPSA) is 38.7 Å². The first-order chi connectivity index (χ1) is 6.27.